The Morgan fingerprint density at radius 3 is 2.73 bits per heavy atom. The van der Waals surface area contributed by atoms with Gasteiger partial charge in [-0.05, 0) is 25.1 Å². The van der Waals surface area contributed by atoms with Crippen molar-refractivity contribution in [2.45, 2.75) is 25.4 Å². The Kier molecular flexibility index (Phi) is 4.34. The fourth-order valence-corrected chi connectivity index (χ4v) is 4.04. The van der Waals surface area contributed by atoms with Crippen LogP contribution in [-0.4, -0.2) is 48.1 Å². The highest BCUT2D eigenvalue weighted by Crippen LogP contribution is 2.34. The van der Waals surface area contributed by atoms with Gasteiger partial charge in [0, 0.05) is 43.2 Å². The smallest absolute Gasteiger partial charge is 0.321 e. The Morgan fingerprint density at radius 1 is 1.13 bits per heavy atom. The molecular weight excluding hydrogens is 384 g/mol. The number of piperidine rings is 1. The van der Waals surface area contributed by atoms with Crippen molar-refractivity contribution in [3.8, 4) is 11.5 Å². The number of fused-ring (bicyclic) bond motifs is 1. The first kappa shape index (κ1) is 18.5. The molecule has 2 aromatic carbocycles. The van der Waals surface area contributed by atoms with Gasteiger partial charge in [0.2, 0.25) is 6.79 Å². The Hall–Kier alpha value is -3.55. The van der Waals surface area contributed by atoms with Gasteiger partial charge in [-0.1, -0.05) is 23.8 Å². The summed E-state index contributed by atoms with van der Waals surface area (Å²) in [6, 6.07) is 12.9. The minimum absolute atomic E-state index is 0.154. The van der Waals surface area contributed by atoms with Crippen LogP contribution >= 0.6 is 0 Å². The van der Waals surface area contributed by atoms with Crippen molar-refractivity contribution in [2.24, 2.45) is 4.99 Å². The molecule has 3 amide bonds. The van der Waals surface area contributed by atoms with E-state index in [4.69, 9.17) is 14.5 Å². The molecule has 8 nitrogen and oxygen atoms in total. The summed E-state index contributed by atoms with van der Waals surface area (Å²) in [5, 5.41) is 5.94. The number of ether oxygens (including phenoxy) is 2. The van der Waals surface area contributed by atoms with E-state index >= 15 is 0 Å². The van der Waals surface area contributed by atoms with E-state index in [1.165, 1.54) is 0 Å². The van der Waals surface area contributed by atoms with Crippen molar-refractivity contribution in [1.29, 1.82) is 0 Å². The lowest BCUT2D eigenvalue weighted by atomic mass is 9.98. The van der Waals surface area contributed by atoms with Gasteiger partial charge in [0.15, 0.2) is 11.5 Å². The van der Waals surface area contributed by atoms with E-state index in [-0.39, 0.29) is 18.7 Å². The van der Waals surface area contributed by atoms with Crippen molar-refractivity contribution < 1.29 is 19.1 Å². The minimum Gasteiger partial charge on any atom is -0.454 e. The third kappa shape index (κ3) is 3.34. The fourth-order valence-electron chi connectivity index (χ4n) is 4.04. The molecule has 5 rings (SSSR count). The molecule has 1 saturated heterocycles. The van der Waals surface area contributed by atoms with Gasteiger partial charge in [-0.25, -0.2) is 4.79 Å². The van der Waals surface area contributed by atoms with E-state index < -0.39 is 5.66 Å². The number of likely N-dealkylation sites (tertiary alicyclic amines) is 1. The Bertz CT molecular complexity index is 1060. The topological polar surface area (TPSA) is 92.3 Å². The monoisotopic (exact) mass is 406 g/mol. The summed E-state index contributed by atoms with van der Waals surface area (Å²) in [5.74, 6) is 1.14. The quantitative estimate of drug-likeness (QED) is 0.802. The standard InChI is InChI=1S/C22H22N4O4/c1-14-3-2-4-15(11-14)19-20(27)25-22(24-19)7-9-26(10-8-22)21(28)23-16-5-6-17-18(12-16)30-13-29-17/h2-6,11-12H,7-10,13H2,1H3,(H,23,28)(H,25,27). The number of anilines is 1. The summed E-state index contributed by atoms with van der Waals surface area (Å²) < 4.78 is 10.6. The van der Waals surface area contributed by atoms with Crippen LogP contribution in [0.2, 0.25) is 0 Å². The molecule has 0 radical (unpaired) electrons. The SMILES string of the molecule is Cc1cccc(C2=NC3(CCN(C(=O)Nc4ccc5c(c4)OCO5)CC3)NC2=O)c1. The van der Waals surface area contributed by atoms with Crippen LogP contribution in [0.25, 0.3) is 0 Å². The molecule has 0 unspecified atom stereocenters. The normalized spacial score (nSPS) is 18.9. The van der Waals surface area contributed by atoms with Crippen molar-refractivity contribution in [2.75, 3.05) is 25.2 Å². The maximum absolute atomic E-state index is 12.7. The number of aryl methyl sites for hydroxylation is 1. The molecule has 0 bridgehead atoms. The first-order chi connectivity index (χ1) is 14.5. The molecular formula is C22H22N4O4. The summed E-state index contributed by atoms with van der Waals surface area (Å²) in [4.78, 5) is 31.7. The zero-order valence-corrected chi connectivity index (χ0v) is 16.6. The molecule has 1 spiro atoms. The first-order valence-corrected chi connectivity index (χ1v) is 9.96. The average Bonchev–Trinajstić information content (AvgIpc) is 3.32. The van der Waals surface area contributed by atoms with Crippen LogP contribution in [0.15, 0.2) is 47.5 Å². The second-order valence-electron chi connectivity index (χ2n) is 7.80. The van der Waals surface area contributed by atoms with Gasteiger partial charge in [0.1, 0.15) is 11.4 Å². The summed E-state index contributed by atoms with van der Waals surface area (Å²) in [7, 11) is 0. The molecule has 30 heavy (non-hydrogen) atoms. The lowest BCUT2D eigenvalue weighted by Gasteiger charge is -2.37. The molecule has 0 aliphatic carbocycles. The molecule has 0 aromatic heterocycles. The van der Waals surface area contributed by atoms with E-state index in [9.17, 15) is 9.59 Å². The van der Waals surface area contributed by atoms with Gasteiger partial charge >= 0.3 is 6.03 Å². The number of hydrogen-bond donors (Lipinski definition) is 2. The number of amides is 3. The number of benzene rings is 2. The van der Waals surface area contributed by atoms with Gasteiger partial charge in [0.05, 0.1) is 0 Å². The van der Waals surface area contributed by atoms with Crippen molar-refractivity contribution in [3.05, 3.63) is 53.6 Å². The number of nitrogens with one attached hydrogen (secondary N) is 2. The second-order valence-corrected chi connectivity index (χ2v) is 7.80. The summed E-state index contributed by atoms with van der Waals surface area (Å²) in [6.07, 6.45) is 1.14. The molecule has 2 N–H and O–H groups in total. The number of urea groups is 1. The number of carbonyl (C=O) groups excluding carboxylic acids is 2. The number of rotatable bonds is 2. The Labute approximate surface area is 173 Å². The van der Waals surface area contributed by atoms with Gasteiger partial charge in [-0.15, -0.1) is 0 Å². The van der Waals surface area contributed by atoms with E-state index in [0.29, 0.717) is 48.8 Å². The highest BCUT2D eigenvalue weighted by molar-refractivity contribution is 6.46. The van der Waals surface area contributed by atoms with Crippen LogP contribution in [0.1, 0.15) is 24.0 Å². The molecule has 2 aromatic rings. The molecule has 3 aliphatic heterocycles. The molecule has 3 heterocycles. The zero-order chi connectivity index (χ0) is 20.7. The molecule has 154 valence electrons. The van der Waals surface area contributed by atoms with Crippen molar-refractivity contribution in [3.63, 3.8) is 0 Å². The van der Waals surface area contributed by atoms with Crippen LogP contribution < -0.4 is 20.1 Å². The summed E-state index contributed by atoms with van der Waals surface area (Å²) in [5.41, 5.74) is 2.40. The van der Waals surface area contributed by atoms with Gasteiger partial charge in [0.25, 0.3) is 5.91 Å². The van der Waals surface area contributed by atoms with Crippen LogP contribution in [0.4, 0.5) is 10.5 Å². The van der Waals surface area contributed by atoms with E-state index in [2.05, 4.69) is 10.6 Å². The third-order valence-electron chi connectivity index (χ3n) is 5.68. The summed E-state index contributed by atoms with van der Waals surface area (Å²) >= 11 is 0. The fraction of sp³-hybridized carbons (Fsp3) is 0.318. The maximum Gasteiger partial charge on any atom is 0.321 e. The Balaban J connectivity index is 1.25. The molecule has 1 fully saturated rings. The van der Waals surface area contributed by atoms with E-state index in [1.807, 2.05) is 31.2 Å². The molecule has 3 aliphatic rings. The van der Waals surface area contributed by atoms with Gasteiger partial charge in [-0.3, -0.25) is 9.79 Å². The average molecular weight is 406 g/mol. The van der Waals surface area contributed by atoms with E-state index in [1.54, 1.807) is 23.1 Å². The lowest BCUT2D eigenvalue weighted by Crippen LogP contribution is -2.53. The predicted molar refractivity (Wildman–Crippen MR) is 111 cm³/mol. The zero-order valence-electron chi connectivity index (χ0n) is 16.6. The largest absolute Gasteiger partial charge is 0.454 e. The molecule has 0 atom stereocenters. The maximum atomic E-state index is 12.7. The summed E-state index contributed by atoms with van der Waals surface area (Å²) in [6.45, 7) is 3.18. The Morgan fingerprint density at radius 2 is 1.93 bits per heavy atom. The second kappa shape index (κ2) is 7.05. The highest BCUT2D eigenvalue weighted by atomic mass is 16.7. The predicted octanol–water partition coefficient (Wildman–Crippen LogP) is 2.67. The highest BCUT2D eigenvalue weighted by Gasteiger charge is 2.42. The van der Waals surface area contributed by atoms with Crippen molar-refractivity contribution >= 4 is 23.3 Å². The number of nitrogens with zero attached hydrogens (tertiary/aromatic N) is 2. The van der Waals surface area contributed by atoms with Gasteiger partial charge in [-0.2, -0.15) is 0 Å². The van der Waals surface area contributed by atoms with E-state index in [0.717, 1.165) is 11.1 Å². The van der Waals surface area contributed by atoms with Crippen LogP contribution in [-0.2, 0) is 4.79 Å². The van der Waals surface area contributed by atoms with Crippen LogP contribution in [0.5, 0.6) is 11.5 Å². The van der Waals surface area contributed by atoms with Crippen molar-refractivity contribution in [1.82, 2.24) is 10.2 Å². The molecule has 0 saturated carbocycles. The number of carbonyl (C=O) groups is 2. The number of aliphatic imine (C=N–C) groups is 1. The van der Waals surface area contributed by atoms with Crippen LogP contribution in [0.3, 0.4) is 0 Å². The third-order valence-corrected chi connectivity index (χ3v) is 5.68. The van der Waals surface area contributed by atoms with Gasteiger partial charge < -0.3 is 25.0 Å². The lowest BCUT2D eigenvalue weighted by molar-refractivity contribution is -0.115. The minimum atomic E-state index is -0.633. The van der Waals surface area contributed by atoms with Crippen LogP contribution in [0, 0.1) is 6.92 Å². The first-order valence-electron chi connectivity index (χ1n) is 9.96. The molecule has 8 heteroatoms. The number of hydrogen-bond acceptors (Lipinski definition) is 5.